The molecule has 0 spiro atoms. The standard InChI is InChI=1S/C27H31N7O3S/c1-33(2)38(35,36)24-7-5-4-6-21(24)29-26-20-10-12-28-25(20)31-27(32-26)30-22-14-18-16-34(19-8-9-19)13-11-17(18)15-23(22)37-3/h4-7,10,12,14-15,19H,8-9,11,13,16H2,1-3H3,(H3,28,29,30,31,32). The number of sulfonamides is 1. The monoisotopic (exact) mass is 533 g/mol. The lowest BCUT2D eigenvalue weighted by atomic mass is 9.98. The van der Waals surface area contributed by atoms with Gasteiger partial charge in [-0.1, -0.05) is 12.1 Å². The van der Waals surface area contributed by atoms with E-state index in [0.29, 0.717) is 29.1 Å². The minimum Gasteiger partial charge on any atom is -0.495 e. The molecule has 4 aromatic rings. The second-order valence-electron chi connectivity index (χ2n) is 9.94. The number of benzene rings is 2. The third-order valence-corrected chi connectivity index (χ3v) is 9.06. The number of aromatic nitrogens is 3. The number of nitrogens with one attached hydrogen (secondary N) is 3. The molecule has 0 bridgehead atoms. The van der Waals surface area contributed by atoms with Gasteiger partial charge in [-0.3, -0.25) is 4.90 Å². The molecular weight excluding hydrogens is 502 g/mol. The van der Waals surface area contributed by atoms with Crippen molar-refractivity contribution in [3.63, 3.8) is 0 Å². The van der Waals surface area contributed by atoms with Gasteiger partial charge in [0.2, 0.25) is 16.0 Å². The van der Waals surface area contributed by atoms with Crippen LogP contribution in [0.5, 0.6) is 5.75 Å². The highest BCUT2D eigenvalue weighted by molar-refractivity contribution is 7.89. The average molecular weight is 534 g/mol. The minimum atomic E-state index is -3.67. The molecule has 0 amide bonds. The van der Waals surface area contributed by atoms with Crippen LogP contribution in [0.4, 0.5) is 23.1 Å². The van der Waals surface area contributed by atoms with Gasteiger partial charge >= 0.3 is 0 Å². The van der Waals surface area contributed by atoms with Crippen LogP contribution in [0.2, 0.25) is 0 Å². The van der Waals surface area contributed by atoms with Gasteiger partial charge in [0.15, 0.2) is 0 Å². The van der Waals surface area contributed by atoms with Crippen molar-refractivity contribution in [1.82, 2.24) is 24.2 Å². The lowest BCUT2D eigenvalue weighted by Crippen LogP contribution is -2.32. The van der Waals surface area contributed by atoms with Gasteiger partial charge in [-0.15, -0.1) is 0 Å². The van der Waals surface area contributed by atoms with Gasteiger partial charge in [-0.05, 0) is 60.7 Å². The van der Waals surface area contributed by atoms with Crippen molar-refractivity contribution in [2.24, 2.45) is 0 Å². The summed E-state index contributed by atoms with van der Waals surface area (Å²) in [5.41, 5.74) is 4.44. The highest BCUT2D eigenvalue weighted by Gasteiger charge is 2.31. The Morgan fingerprint density at radius 3 is 2.63 bits per heavy atom. The number of hydrogen-bond acceptors (Lipinski definition) is 8. The van der Waals surface area contributed by atoms with Crippen LogP contribution in [-0.4, -0.2) is 66.4 Å². The predicted octanol–water partition coefficient (Wildman–Crippen LogP) is 4.22. The number of rotatable bonds is 8. The zero-order chi connectivity index (χ0) is 26.4. The van der Waals surface area contributed by atoms with Crippen molar-refractivity contribution >= 4 is 44.2 Å². The average Bonchev–Trinajstić information content (AvgIpc) is 3.65. The van der Waals surface area contributed by atoms with E-state index in [1.807, 2.05) is 6.07 Å². The van der Waals surface area contributed by atoms with Crippen LogP contribution in [0.1, 0.15) is 24.0 Å². The van der Waals surface area contributed by atoms with Crippen molar-refractivity contribution < 1.29 is 13.2 Å². The van der Waals surface area contributed by atoms with Crippen molar-refractivity contribution in [3.05, 3.63) is 59.8 Å². The fourth-order valence-electron chi connectivity index (χ4n) is 4.96. The summed E-state index contributed by atoms with van der Waals surface area (Å²) in [6.45, 7) is 2.01. The van der Waals surface area contributed by atoms with Crippen molar-refractivity contribution in [1.29, 1.82) is 0 Å². The maximum atomic E-state index is 12.9. The predicted molar refractivity (Wildman–Crippen MR) is 148 cm³/mol. The summed E-state index contributed by atoms with van der Waals surface area (Å²) in [5.74, 6) is 1.58. The number of aromatic amines is 1. The maximum absolute atomic E-state index is 12.9. The number of ether oxygens (including phenoxy) is 1. The molecule has 38 heavy (non-hydrogen) atoms. The van der Waals surface area contributed by atoms with E-state index >= 15 is 0 Å². The van der Waals surface area contributed by atoms with Crippen LogP contribution >= 0.6 is 0 Å². The zero-order valence-electron chi connectivity index (χ0n) is 21.7. The normalized spacial score (nSPS) is 16.0. The molecule has 0 radical (unpaired) electrons. The minimum absolute atomic E-state index is 0.165. The number of nitrogens with zero attached hydrogens (tertiary/aromatic N) is 4. The number of methoxy groups -OCH3 is 1. The summed E-state index contributed by atoms with van der Waals surface area (Å²) in [4.78, 5) is 15.3. The third kappa shape index (κ3) is 4.57. The quantitative estimate of drug-likeness (QED) is 0.308. The van der Waals surface area contributed by atoms with Gasteiger partial charge in [-0.2, -0.15) is 9.97 Å². The molecule has 6 rings (SSSR count). The summed E-state index contributed by atoms with van der Waals surface area (Å²) in [6.07, 6.45) is 5.37. The fourth-order valence-corrected chi connectivity index (χ4v) is 6.00. The van der Waals surface area contributed by atoms with Crippen LogP contribution < -0.4 is 15.4 Å². The van der Waals surface area contributed by atoms with Gasteiger partial charge in [0.1, 0.15) is 22.1 Å². The summed E-state index contributed by atoms with van der Waals surface area (Å²) >= 11 is 0. The van der Waals surface area contributed by atoms with Crippen molar-refractivity contribution in [3.8, 4) is 5.75 Å². The molecule has 3 heterocycles. The van der Waals surface area contributed by atoms with Crippen molar-refractivity contribution in [2.75, 3.05) is 38.4 Å². The van der Waals surface area contributed by atoms with Gasteiger partial charge in [0.25, 0.3) is 0 Å². The van der Waals surface area contributed by atoms with Gasteiger partial charge in [0, 0.05) is 39.4 Å². The topological polar surface area (TPSA) is 115 Å². The van der Waals surface area contributed by atoms with E-state index in [1.54, 1.807) is 37.6 Å². The summed E-state index contributed by atoms with van der Waals surface area (Å²) in [6, 6.07) is 13.6. The number of para-hydroxylation sites is 1. The van der Waals surface area contributed by atoms with Gasteiger partial charge in [-0.25, -0.2) is 12.7 Å². The highest BCUT2D eigenvalue weighted by Crippen LogP contribution is 2.37. The lowest BCUT2D eigenvalue weighted by molar-refractivity contribution is 0.243. The van der Waals surface area contributed by atoms with Crippen LogP contribution in [0.3, 0.4) is 0 Å². The summed E-state index contributed by atoms with van der Waals surface area (Å²) in [7, 11) is 1.02. The molecule has 2 aromatic heterocycles. The first kappa shape index (κ1) is 24.7. The zero-order valence-corrected chi connectivity index (χ0v) is 22.5. The second-order valence-corrected chi connectivity index (χ2v) is 12.1. The molecule has 0 atom stereocenters. The van der Waals surface area contributed by atoms with Gasteiger partial charge in [0.05, 0.1) is 23.9 Å². The van der Waals surface area contributed by atoms with E-state index in [0.717, 1.165) is 36.3 Å². The Balaban J connectivity index is 1.36. The maximum Gasteiger partial charge on any atom is 0.244 e. The highest BCUT2D eigenvalue weighted by atomic mass is 32.2. The molecule has 1 aliphatic carbocycles. The van der Waals surface area contributed by atoms with E-state index in [1.165, 1.54) is 42.4 Å². The number of anilines is 4. The van der Waals surface area contributed by atoms with E-state index < -0.39 is 10.0 Å². The Kier molecular flexibility index (Phi) is 6.21. The Labute approximate surface area is 222 Å². The SMILES string of the molecule is COc1cc2c(cc1Nc1nc(Nc3ccccc3S(=O)(=O)N(C)C)c3cc[nH]c3n1)CN(C1CC1)CC2. The molecule has 2 aromatic carbocycles. The Bertz CT molecular complexity index is 1610. The third-order valence-electron chi connectivity index (χ3n) is 7.19. The van der Waals surface area contributed by atoms with Gasteiger partial charge < -0.3 is 20.4 Å². The molecule has 2 aliphatic rings. The van der Waals surface area contributed by atoms with E-state index in [4.69, 9.17) is 9.72 Å². The molecule has 3 N–H and O–H groups in total. The summed E-state index contributed by atoms with van der Waals surface area (Å²) < 4.78 is 32.8. The van der Waals surface area contributed by atoms with E-state index in [9.17, 15) is 8.42 Å². The molecule has 0 saturated heterocycles. The molecule has 198 valence electrons. The smallest absolute Gasteiger partial charge is 0.244 e. The van der Waals surface area contributed by atoms with Crippen molar-refractivity contribution in [2.45, 2.75) is 36.7 Å². The molecular formula is C27H31N7O3S. The Morgan fingerprint density at radius 1 is 1.05 bits per heavy atom. The lowest BCUT2D eigenvalue weighted by Gasteiger charge is -2.29. The van der Waals surface area contributed by atoms with E-state index in [-0.39, 0.29) is 4.90 Å². The number of fused-ring (bicyclic) bond motifs is 2. The molecule has 1 saturated carbocycles. The van der Waals surface area contributed by atoms with Crippen LogP contribution in [0.25, 0.3) is 11.0 Å². The van der Waals surface area contributed by atoms with E-state index in [2.05, 4.69) is 37.6 Å². The first-order valence-corrected chi connectivity index (χ1v) is 14.1. The fraction of sp³-hybridized carbons (Fsp3) is 0.333. The Hall–Kier alpha value is -3.67. The van der Waals surface area contributed by atoms with Crippen LogP contribution in [0.15, 0.2) is 53.6 Å². The Morgan fingerprint density at radius 2 is 1.87 bits per heavy atom. The second kappa shape index (κ2) is 9.57. The molecule has 0 unspecified atom stereocenters. The first-order chi connectivity index (χ1) is 18.3. The van der Waals surface area contributed by atoms with Crippen LogP contribution in [-0.2, 0) is 23.0 Å². The number of hydrogen-bond donors (Lipinski definition) is 3. The van der Waals surface area contributed by atoms with Crippen LogP contribution in [0, 0.1) is 0 Å². The first-order valence-electron chi connectivity index (χ1n) is 12.7. The largest absolute Gasteiger partial charge is 0.495 e. The summed E-state index contributed by atoms with van der Waals surface area (Å²) in [5, 5.41) is 7.33. The number of H-pyrrole nitrogens is 1. The molecule has 11 heteroatoms. The molecule has 1 aliphatic heterocycles. The molecule has 10 nitrogen and oxygen atoms in total. The molecule has 1 fully saturated rings.